The molecule has 3 N–H and O–H groups in total. The zero-order valence-corrected chi connectivity index (χ0v) is 46.9. The Labute approximate surface area is 434 Å². The number of benzene rings is 1. The van der Waals surface area contributed by atoms with Crippen LogP contribution in [0.4, 0.5) is 4.79 Å². The van der Waals surface area contributed by atoms with Gasteiger partial charge < -0.3 is 62.3 Å². The minimum atomic E-state index is -3.12. The van der Waals surface area contributed by atoms with E-state index in [0.29, 0.717) is 0 Å². The van der Waals surface area contributed by atoms with Gasteiger partial charge in [0.2, 0.25) is 8.32 Å². The molecule has 11 atom stereocenters. The summed E-state index contributed by atoms with van der Waals surface area (Å²) < 4.78 is 61.4. The van der Waals surface area contributed by atoms with Gasteiger partial charge in [0.15, 0.2) is 23.6 Å². The van der Waals surface area contributed by atoms with Crippen molar-refractivity contribution in [1.82, 2.24) is 5.32 Å². The number of rotatable bonds is 16. The summed E-state index contributed by atoms with van der Waals surface area (Å²) in [6, 6.07) is 6.20. The molecule has 1 aromatic carbocycles. The van der Waals surface area contributed by atoms with Crippen LogP contribution < -0.4 is 14.8 Å². The first kappa shape index (κ1) is 58.0. The molecule has 2 aromatic rings. The van der Waals surface area contributed by atoms with E-state index in [-0.39, 0.29) is 63.6 Å². The maximum Gasteiger partial charge on any atom is 0.408 e. The maximum atomic E-state index is 15.9. The molecule has 0 radical (unpaired) electrons. The Morgan fingerprint density at radius 1 is 0.892 bits per heavy atom. The van der Waals surface area contributed by atoms with Crippen molar-refractivity contribution >= 4 is 44.1 Å². The minimum Gasteiger partial charge on any atom is -0.497 e. The number of carbonyl (C=O) groups is 6. The average molecular weight is 1060 g/mol. The molecular formula is C54H77NO18Si. The number of nitrogens with one attached hydrogen (secondary N) is 1. The molecule has 3 aliphatic carbocycles. The molecule has 20 heteroatoms. The highest BCUT2D eigenvalue weighted by Crippen LogP contribution is 2.64. The molecule has 0 unspecified atom stereocenters. The fourth-order valence-corrected chi connectivity index (χ4v) is 18.2. The maximum absolute atomic E-state index is 15.9. The van der Waals surface area contributed by atoms with Crippen LogP contribution in [0, 0.1) is 16.7 Å². The molecule has 1 amide bonds. The van der Waals surface area contributed by atoms with E-state index in [9.17, 15) is 24.6 Å². The number of ketones is 1. The van der Waals surface area contributed by atoms with Crippen LogP contribution in [0.25, 0.3) is 0 Å². The zero-order valence-electron chi connectivity index (χ0n) is 45.9. The molecule has 1 aromatic heterocycles. The number of alkyl carbamates (subject to hydrolysis) is 1. The fourth-order valence-electron chi connectivity index (χ4n) is 12.7. The summed E-state index contributed by atoms with van der Waals surface area (Å²) in [5.74, 6) is -5.88. The molecule has 4 aliphatic rings. The number of amides is 1. The predicted octanol–water partition coefficient (Wildman–Crippen LogP) is 7.64. The lowest BCUT2D eigenvalue weighted by atomic mass is 9.44. The topological polar surface area (TPSA) is 251 Å². The Balaban J connectivity index is 1.64. The molecule has 2 heterocycles. The van der Waals surface area contributed by atoms with Crippen LogP contribution >= 0.6 is 0 Å². The van der Waals surface area contributed by atoms with Gasteiger partial charge in [-0.3, -0.25) is 14.4 Å². The van der Waals surface area contributed by atoms with Gasteiger partial charge in [-0.1, -0.05) is 55.4 Å². The van der Waals surface area contributed by atoms with E-state index in [4.69, 9.17) is 46.7 Å². The number of furan rings is 1. The van der Waals surface area contributed by atoms with Gasteiger partial charge in [0.05, 0.1) is 44.5 Å². The Morgan fingerprint density at radius 2 is 1.53 bits per heavy atom. The highest BCUT2D eigenvalue weighted by molar-refractivity contribution is 6.77. The van der Waals surface area contributed by atoms with Gasteiger partial charge in [-0.2, -0.15) is 0 Å². The number of aliphatic hydroxyl groups excluding tert-OH is 1. The first-order chi connectivity index (χ1) is 34.3. The molecule has 3 fully saturated rings. The fraction of sp³-hybridized carbons (Fsp3) is 0.667. The van der Waals surface area contributed by atoms with E-state index in [2.05, 4.69) is 5.32 Å². The Bertz CT molecular complexity index is 2470. The molecule has 1 aliphatic heterocycles. The number of esters is 4. The quantitative estimate of drug-likeness (QED) is 0.0632. The van der Waals surface area contributed by atoms with Crippen molar-refractivity contribution in [2.75, 3.05) is 20.8 Å². The molecule has 19 nitrogen and oxygen atoms in total. The highest BCUT2D eigenvalue weighted by atomic mass is 28.4. The second kappa shape index (κ2) is 21.0. The van der Waals surface area contributed by atoms with Gasteiger partial charge >= 0.3 is 30.0 Å². The average Bonchev–Trinajstić information content (AvgIpc) is 3.83. The van der Waals surface area contributed by atoms with Crippen LogP contribution in [-0.4, -0.2) is 129 Å². The van der Waals surface area contributed by atoms with Crippen molar-refractivity contribution in [3.63, 3.8) is 0 Å². The monoisotopic (exact) mass is 1060 g/mol. The number of Topliss-reactive ketones (excluding diaryl/α,β-unsaturated/α-hetero) is 1. The van der Waals surface area contributed by atoms with Crippen molar-refractivity contribution in [3.8, 4) is 11.5 Å². The first-order valence-electron chi connectivity index (χ1n) is 25.3. The number of hydrogen-bond donors (Lipinski definition) is 3. The largest absolute Gasteiger partial charge is 0.497 e. The normalized spacial score (nSPS) is 29.4. The summed E-state index contributed by atoms with van der Waals surface area (Å²) in [5.41, 5.74) is -9.42. The number of ether oxygens (including phenoxy) is 8. The van der Waals surface area contributed by atoms with E-state index in [1.807, 2.05) is 41.5 Å². The molecule has 74 heavy (non-hydrogen) atoms. The van der Waals surface area contributed by atoms with Gasteiger partial charge in [0.1, 0.15) is 58.4 Å². The minimum absolute atomic E-state index is 0.00755. The lowest BCUT2D eigenvalue weighted by molar-refractivity contribution is -0.346. The standard InChI is InChI=1S/C54H77NO18Si/c1-27(2)74(28(3)4,29(5)6)73-43(41(36-19-18-22-66-36)55-49(62)72-50(10,11)12)48(61)69-37-25-54(63)46(70-47(60)34-23-33(64-16)20-21-35(34)65-17)44-52(15,38(58)24-39-53(44,26-67-39)71-32(9)57)45(59)42(68-31(8)56)40(30(37)7)51(54,13)14/h18-23,27-29,37-39,41-44,46,58,63H,24-26H2,1-17H3,(H,55,62)/t37-,38-,39+,41-,42+,43+,44-,46-,52+,53-,54+/m0/s1. The Kier molecular flexibility index (Phi) is 16.5. The molecule has 2 saturated carbocycles. The van der Waals surface area contributed by atoms with E-state index in [1.54, 1.807) is 59.7 Å². The van der Waals surface area contributed by atoms with Crippen LogP contribution in [0.5, 0.6) is 11.5 Å². The molecule has 0 spiro atoms. The number of fused-ring (bicyclic) bond motifs is 5. The van der Waals surface area contributed by atoms with Crippen molar-refractivity contribution in [2.45, 2.75) is 193 Å². The van der Waals surface area contributed by atoms with Crippen LogP contribution in [-0.2, 0) is 52.0 Å². The van der Waals surface area contributed by atoms with Crippen molar-refractivity contribution in [2.24, 2.45) is 16.7 Å². The lowest BCUT2D eigenvalue weighted by Crippen LogP contribution is -2.82. The number of hydrogen-bond acceptors (Lipinski definition) is 18. The lowest BCUT2D eigenvalue weighted by Gasteiger charge is -2.67. The van der Waals surface area contributed by atoms with Gasteiger partial charge in [-0.15, -0.1) is 0 Å². The number of methoxy groups -OCH3 is 2. The third-order valence-electron chi connectivity index (χ3n) is 16.2. The third kappa shape index (κ3) is 10.0. The zero-order chi connectivity index (χ0) is 55.4. The third-order valence-corrected chi connectivity index (χ3v) is 22.2. The molecule has 1 saturated heterocycles. The summed E-state index contributed by atoms with van der Waals surface area (Å²) >= 11 is 0. The van der Waals surface area contributed by atoms with E-state index < -0.39 is 127 Å². The summed E-state index contributed by atoms with van der Waals surface area (Å²) in [6.45, 7) is 25.2. The van der Waals surface area contributed by atoms with E-state index in [0.717, 1.165) is 13.8 Å². The number of aliphatic hydroxyl groups is 2. The predicted molar refractivity (Wildman–Crippen MR) is 268 cm³/mol. The van der Waals surface area contributed by atoms with Crippen LogP contribution in [0.15, 0.2) is 52.2 Å². The molecule has 6 rings (SSSR count). The van der Waals surface area contributed by atoms with Crippen LogP contribution in [0.1, 0.15) is 139 Å². The van der Waals surface area contributed by atoms with Crippen LogP contribution in [0.2, 0.25) is 16.6 Å². The van der Waals surface area contributed by atoms with Crippen molar-refractivity contribution in [3.05, 3.63) is 59.1 Å². The second-order valence-corrected chi connectivity index (χ2v) is 28.3. The van der Waals surface area contributed by atoms with Gasteiger partial charge in [-0.05, 0) is 92.7 Å². The van der Waals surface area contributed by atoms with Gasteiger partial charge in [0, 0.05) is 32.1 Å². The smallest absolute Gasteiger partial charge is 0.408 e. The summed E-state index contributed by atoms with van der Waals surface area (Å²) in [7, 11) is -0.381. The number of carbonyl (C=O) groups excluding carboxylic acids is 6. The molecule has 2 bridgehead atoms. The molecular weight excluding hydrogens is 979 g/mol. The highest BCUT2D eigenvalue weighted by Gasteiger charge is 2.78. The SMILES string of the molecule is COc1ccc(OC)c(C(=O)O[C@H]2[C@@H]3[C@]4(OC(C)=O)CO[C@@H]4C[C@H](O)[C@@]3(C)C(=O)[C@H](OC(C)=O)C3=C(C)[C@@H](OC(=O)[C@H](O[Si](C(C)C)(C(C)C)C(C)C)[C@@H](NC(=O)OC(C)(C)C)c4ccco4)C[C@]2(O)C3(C)C)c1. The Hall–Kier alpha value is -5.28. The van der Waals surface area contributed by atoms with Gasteiger partial charge in [-0.25, -0.2) is 14.4 Å². The van der Waals surface area contributed by atoms with Crippen molar-refractivity contribution < 1.29 is 85.7 Å². The van der Waals surface area contributed by atoms with E-state index >= 15 is 14.4 Å². The van der Waals surface area contributed by atoms with Crippen molar-refractivity contribution in [1.29, 1.82) is 0 Å². The van der Waals surface area contributed by atoms with Gasteiger partial charge in [0.25, 0.3) is 0 Å². The van der Waals surface area contributed by atoms with Crippen LogP contribution in [0.3, 0.4) is 0 Å². The molecule has 410 valence electrons. The second-order valence-electron chi connectivity index (χ2n) is 22.9. The Morgan fingerprint density at radius 3 is 2.03 bits per heavy atom. The first-order valence-corrected chi connectivity index (χ1v) is 27.4. The summed E-state index contributed by atoms with van der Waals surface area (Å²) in [4.78, 5) is 87.1. The summed E-state index contributed by atoms with van der Waals surface area (Å²) in [6.07, 6.45) is -9.99. The summed E-state index contributed by atoms with van der Waals surface area (Å²) in [5, 5.41) is 29.4. The van der Waals surface area contributed by atoms with E-state index in [1.165, 1.54) is 39.5 Å².